The van der Waals surface area contributed by atoms with Gasteiger partial charge in [0.25, 0.3) is 0 Å². The van der Waals surface area contributed by atoms with Crippen molar-refractivity contribution in [2.24, 2.45) is 0 Å². The van der Waals surface area contributed by atoms with Crippen LogP contribution in [-0.2, 0) is 161 Å². The van der Waals surface area contributed by atoms with Gasteiger partial charge in [-0.3, -0.25) is 36.4 Å². The van der Waals surface area contributed by atoms with Gasteiger partial charge in [0.1, 0.15) is 104 Å². The number of methoxy groups -OCH3 is 1. The third-order valence-corrected chi connectivity index (χ3v) is 16.4. The summed E-state index contributed by atoms with van der Waals surface area (Å²) >= 11 is 0. The topological polar surface area (TPSA) is 805 Å². The maximum absolute atomic E-state index is 13.0. The molecule has 534 valence electrons. The molecule has 19 N–H and O–H groups in total. The van der Waals surface area contributed by atoms with Gasteiger partial charge in [-0.25, -0.2) is 30.5 Å². The molecule has 0 aromatic carbocycles. The minimum absolute atomic E-state index is 0.735. The molecule has 5 rings (SSSR count). The summed E-state index contributed by atoms with van der Waals surface area (Å²) in [5.74, 6) is -4.91. The zero-order valence-corrected chi connectivity index (χ0v) is 50.5. The molecule has 5 unspecified atom stereocenters. The van der Waals surface area contributed by atoms with Crippen LogP contribution in [0.2, 0.25) is 0 Å². The summed E-state index contributed by atoms with van der Waals surface area (Å²) in [4.78, 5) is 25.8. The van der Waals surface area contributed by atoms with Crippen LogP contribution in [0.4, 0.5) is 0 Å². The summed E-state index contributed by atoms with van der Waals surface area (Å²) in [6.45, 7) is -5.06. The predicted molar refractivity (Wildman–Crippen MR) is 262 cm³/mol. The van der Waals surface area contributed by atoms with E-state index in [1.165, 1.54) is 9.44 Å². The predicted octanol–water partition coefficient (Wildman–Crippen LogP) is -13.8. The van der Waals surface area contributed by atoms with Crippen molar-refractivity contribution in [1.82, 2.24) is 14.2 Å². The van der Waals surface area contributed by atoms with E-state index in [4.69, 9.17) is 51.9 Å². The number of carbonyl (C=O) groups is 2. The normalized spacial score (nSPS) is 38.6. The lowest BCUT2D eigenvalue weighted by atomic mass is 9.94. The van der Waals surface area contributed by atoms with Gasteiger partial charge in [0, 0.05) is 7.11 Å². The SMILES string of the molecule is COC1O[C@H](COS(=O)(=O)O)[C@@H](O[C@@H]2O[C@@H](C(=O)O)[C@@H](OC3O[C@H](COS(=O)(=O)O)[C@@H](O[C@@H]4O[C@H](C(=O)O)[C@@H](O[13CH]5O[13C@H]([13CH2]OS(=O)(=O)O)[13C@@H](O)[13C@H](O)[13C@H]5NS(=O)(=O)O)C(O)[C@H]4O)[C@H](OS(=O)(=O)O)[C@H]3NS(=O)(=O)O)[C@H](O)[C@H]2OS(=O)(=O)O)C(O)[C@H]1NS(=O)(=O)O. The quantitative estimate of drug-likeness (QED) is 0.0235. The van der Waals surface area contributed by atoms with E-state index in [-0.39, 0.29) is 0 Å². The van der Waals surface area contributed by atoms with Crippen LogP contribution in [-0.4, -0.2) is 337 Å². The van der Waals surface area contributed by atoms with Crippen molar-refractivity contribution in [3.8, 4) is 0 Å². The lowest BCUT2D eigenvalue weighted by Crippen LogP contribution is -2.71. The van der Waals surface area contributed by atoms with Crippen LogP contribution in [0, 0.1) is 0 Å². The molecular weight excluding hydrogens is 1460 g/mol. The lowest BCUT2D eigenvalue weighted by molar-refractivity contribution is -0.373. The van der Waals surface area contributed by atoms with Gasteiger partial charge in [-0.05, 0) is 0 Å². The number of aliphatic hydroxyl groups excluding tert-OH is 6. The minimum Gasteiger partial charge on any atom is -0.479 e. The van der Waals surface area contributed by atoms with E-state index in [1.54, 1.807) is 0 Å². The van der Waals surface area contributed by atoms with Crippen molar-refractivity contribution in [3.05, 3.63) is 0 Å². The number of aliphatic carboxylic acids is 2. The van der Waals surface area contributed by atoms with E-state index in [9.17, 15) is 150 Å². The van der Waals surface area contributed by atoms with Crippen molar-refractivity contribution < 1.29 is 222 Å². The number of nitrogens with one attached hydrogen (secondary N) is 3. The van der Waals surface area contributed by atoms with Crippen molar-refractivity contribution in [3.63, 3.8) is 0 Å². The summed E-state index contributed by atoms with van der Waals surface area (Å²) in [6, 6.07) is -8.17. The van der Waals surface area contributed by atoms with Gasteiger partial charge in [-0.1, -0.05) is 0 Å². The Morgan fingerprint density at radius 1 is 0.352 bits per heavy atom. The van der Waals surface area contributed by atoms with E-state index in [2.05, 4.69) is 20.9 Å². The van der Waals surface area contributed by atoms with Crippen LogP contribution >= 0.6 is 0 Å². The highest BCUT2D eigenvalue weighted by molar-refractivity contribution is 7.84. The summed E-state index contributed by atoms with van der Waals surface area (Å²) < 4.78 is 346. The first-order chi connectivity index (χ1) is 41.2. The van der Waals surface area contributed by atoms with E-state index in [0.717, 1.165) is 11.8 Å². The fraction of sp³-hybridized carbons (Fsp3) is 0.935. The zero-order valence-electron chi connectivity index (χ0n) is 43.9. The average molecular weight is 1510 g/mol. The van der Waals surface area contributed by atoms with Crippen LogP contribution < -0.4 is 14.2 Å². The molecule has 5 saturated heterocycles. The molecule has 0 amide bonds. The maximum Gasteiger partial charge on any atom is 0.397 e. The Kier molecular flexibility index (Phi) is 26.0. The molecule has 5 heterocycles. The molecule has 5 aliphatic rings. The van der Waals surface area contributed by atoms with E-state index >= 15 is 0 Å². The Morgan fingerprint density at radius 2 is 0.703 bits per heavy atom. The minimum atomic E-state index is -6.36. The summed E-state index contributed by atoms with van der Waals surface area (Å²) in [6.07, 6.45) is -63.6. The Morgan fingerprint density at radius 3 is 1.13 bits per heavy atom. The van der Waals surface area contributed by atoms with Gasteiger partial charge in [-0.2, -0.15) is 81.5 Å². The highest BCUT2D eigenvalue weighted by Crippen LogP contribution is 2.39. The van der Waals surface area contributed by atoms with Gasteiger partial charge in [0.15, 0.2) is 49.8 Å². The van der Waals surface area contributed by atoms with Crippen LogP contribution in [0.15, 0.2) is 0 Å². The summed E-state index contributed by atoms with van der Waals surface area (Å²) in [5.41, 5.74) is 0. The molecule has 0 spiro atoms. The molecule has 0 aromatic rings. The van der Waals surface area contributed by atoms with Crippen molar-refractivity contribution in [1.29, 1.82) is 0 Å². The molecular formula is C31H53N3O49S8. The number of rotatable bonds is 30. The number of carboxylic acid groups (broad SMARTS) is 2. The third kappa shape index (κ3) is 22.9. The first kappa shape index (κ1) is 79.0. The molecule has 0 aliphatic carbocycles. The molecule has 5 fully saturated rings. The highest BCUT2D eigenvalue weighted by atomic mass is 32.3. The second-order valence-corrected chi connectivity index (χ2v) is 27.6. The molecule has 0 aromatic heterocycles. The van der Waals surface area contributed by atoms with E-state index < -0.39 is 268 Å². The van der Waals surface area contributed by atoms with Crippen LogP contribution in [0.5, 0.6) is 0 Å². The van der Waals surface area contributed by atoms with Crippen LogP contribution in [0.3, 0.4) is 0 Å². The van der Waals surface area contributed by atoms with Crippen molar-refractivity contribution >= 4 is 94.8 Å². The monoisotopic (exact) mass is 1510 g/mol. The second-order valence-electron chi connectivity index (χ2n) is 18.7. The summed E-state index contributed by atoms with van der Waals surface area (Å²) in [7, 11) is -45.9. The number of ether oxygens (including phenoxy) is 10. The number of aliphatic hydroxyl groups is 6. The van der Waals surface area contributed by atoms with Gasteiger partial charge >= 0.3 is 94.8 Å². The standard InChI is InChI=1S/C31H53N3O49S8/c1-69-27-9(33-85(48,49)50)13(37)17(6(74-27)3-71-88(57,58)59)76-31-22(83-91(66,67)68)16(40)21(24(81-31)26(43)44)79-29-10(34-86(51,52)53)19(82-90(63,64)65)18(7(75-29)4-72-89(60,61)62)77-30-15(39)14(38)20(23(80-30)25(41)42)78-28-8(32-84(45,46)47)12(36)11(35)5(73-28)2-70-87(54,55)56/h5-24,27-40H,2-4H2,1H3,(H,41,42)(H,43,44)(H,45,46,47)(H,48,49,50)(H,51,52,53)(H,54,55,56)(H,57,58,59)(H,60,61,62)(H,63,64,65)(H,66,67,68)/t5-,6-,7-,8-,9-,10-,11-,12-,13?,14?,15-,16+,17-,18-,19-,20+,21+,22-,23+,24-,27?,28?,29?,30-,31-/m1/s1/i2+1,5+1,8+1,11+1,12+1,28+1. The molecule has 91 heavy (non-hydrogen) atoms. The third-order valence-electron chi connectivity index (χ3n) is 12.4. The van der Waals surface area contributed by atoms with Crippen molar-refractivity contribution in [2.75, 3.05) is 26.9 Å². The Hall–Kier alpha value is -2.74. The highest BCUT2D eigenvalue weighted by Gasteiger charge is 2.61. The molecule has 0 radical (unpaired) electrons. The van der Waals surface area contributed by atoms with Gasteiger partial charge < -0.3 is 88.2 Å². The zero-order chi connectivity index (χ0) is 69.4. The second kappa shape index (κ2) is 29.9. The number of carboxylic acids is 2. The molecule has 0 bridgehead atoms. The fourth-order valence-electron chi connectivity index (χ4n) is 8.98. The van der Waals surface area contributed by atoms with Crippen molar-refractivity contribution in [2.45, 2.75) is 153 Å². The van der Waals surface area contributed by atoms with E-state index in [1.807, 2.05) is 0 Å². The van der Waals surface area contributed by atoms with Gasteiger partial charge in [-0.15, -0.1) is 0 Å². The first-order valence-electron chi connectivity index (χ1n) is 23.5. The molecule has 60 heteroatoms. The first-order valence-corrected chi connectivity index (χ1v) is 34.7. The Labute approximate surface area is 509 Å². The number of hydrogen-bond acceptors (Lipinski definition) is 39. The van der Waals surface area contributed by atoms with Crippen LogP contribution in [0.1, 0.15) is 0 Å². The smallest absolute Gasteiger partial charge is 0.397 e. The molecule has 25 atom stereocenters. The van der Waals surface area contributed by atoms with E-state index in [0.29, 0.717) is 0 Å². The largest absolute Gasteiger partial charge is 0.479 e. The Bertz CT molecular complexity index is 3490. The molecule has 52 nitrogen and oxygen atoms in total. The fourth-order valence-corrected chi connectivity index (χ4v) is 12.7. The lowest BCUT2D eigenvalue weighted by Gasteiger charge is -2.50. The van der Waals surface area contributed by atoms with Gasteiger partial charge in [0.05, 0.1) is 19.8 Å². The molecule has 5 aliphatic heterocycles. The maximum atomic E-state index is 13.0. The molecule has 0 saturated carbocycles. The average Bonchev–Trinajstić information content (AvgIpc) is 0.767. The van der Waals surface area contributed by atoms with Crippen LogP contribution in [0.25, 0.3) is 0 Å². The number of hydrogen-bond donors (Lipinski definition) is 19. The van der Waals surface area contributed by atoms with Gasteiger partial charge in [0.2, 0.25) is 0 Å². The summed E-state index contributed by atoms with van der Waals surface area (Å²) in [5, 5.41) is 87.8. The Balaban J connectivity index is 1.60.